The first-order valence-corrected chi connectivity index (χ1v) is 14.1. The first-order chi connectivity index (χ1) is 20.3. The topological polar surface area (TPSA) is 109 Å². The molecule has 2 aromatic rings. The maximum absolute atomic E-state index is 15.9. The van der Waals surface area contributed by atoms with E-state index in [0.717, 1.165) is 30.1 Å². The number of halogens is 6. The fourth-order valence-electron chi connectivity index (χ4n) is 5.92. The van der Waals surface area contributed by atoms with Gasteiger partial charge >= 0.3 is 12.2 Å². The molecular weight excluding hydrogens is 580 g/mol. The molecule has 8 nitrogen and oxygen atoms in total. The van der Waals surface area contributed by atoms with E-state index in [1.807, 2.05) is 0 Å². The van der Waals surface area contributed by atoms with Crippen molar-refractivity contribution < 1.29 is 40.7 Å². The summed E-state index contributed by atoms with van der Waals surface area (Å²) in [6, 6.07) is -0.626. The summed E-state index contributed by atoms with van der Waals surface area (Å²) in [4.78, 5) is 45.7. The van der Waals surface area contributed by atoms with Crippen molar-refractivity contribution in [3.05, 3.63) is 59.2 Å². The van der Waals surface area contributed by atoms with Crippen molar-refractivity contribution in [1.29, 1.82) is 0 Å². The highest BCUT2D eigenvalue weighted by Gasteiger charge is 2.46. The molecule has 2 aliphatic carbocycles. The molecule has 232 valence electrons. The zero-order valence-electron chi connectivity index (χ0n) is 23.0. The van der Waals surface area contributed by atoms with Crippen LogP contribution in [0, 0.1) is 5.82 Å². The highest BCUT2D eigenvalue weighted by molar-refractivity contribution is 6.02. The van der Waals surface area contributed by atoms with Gasteiger partial charge in [-0.2, -0.15) is 13.2 Å². The van der Waals surface area contributed by atoms with E-state index < -0.39 is 83.5 Å². The average molecular weight is 612 g/mol. The van der Waals surface area contributed by atoms with Crippen molar-refractivity contribution in [1.82, 2.24) is 15.2 Å². The number of carbonyl (C=O) groups excluding carboxylic acids is 3. The van der Waals surface area contributed by atoms with Crippen LogP contribution in [0.5, 0.6) is 0 Å². The normalized spacial score (nSPS) is 21.3. The van der Waals surface area contributed by atoms with E-state index in [1.54, 1.807) is 0 Å². The fraction of sp³-hybridized carbons (Fsp3) is 0.517. The summed E-state index contributed by atoms with van der Waals surface area (Å²) in [5, 5.41) is 2.53. The van der Waals surface area contributed by atoms with Crippen LogP contribution in [0.25, 0.3) is 0 Å². The van der Waals surface area contributed by atoms with Crippen molar-refractivity contribution in [2.45, 2.75) is 87.5 Å². The van der Waals surface area contributed by atoms with E-state index in [9.17, 15) is 36.3 Å². The summed E-state index contributed by atoms with van der Waals surface area (Å²) in [7, 11) is 0. The van der Waals surface area contributed by atoms with Gasteiger partial charge in [0.2, 0.25) is 17.7 Å². The number of hydrogen-bond donors (Lipinski definition) is 2. The number of benzene rings is 1. The summed E-state index contributed by atoms with van der Waals surface area (Å²) >= 11 is 0. The summed E-state index contributed by atoms with van der Waals surface area (Å²) in [5.74, 6) is -5.80. The van der Waals surface area contributed by atoms with Gasteiger partial charge in [0.1, 0.15) is 17.9 Å². The molecule has 1 unspecified atom stereocenters. The van der Waals surface area contributed by atoms with E-state index >= 15 is 4.39 Å². The van der Waals surface area contributed by atoms with Gasteiger partial charge in [-0.1, -0.05) is 6.07 Å². The Morgan fingerprint density at radius 1 is 1.07 bits per heavy atom. The summed E-state index contributed by atoms with van der Waals surface area (Å²) in [6.45, 7) is -0.0179. The predicted octanol–water partition coefficient (Wildman–Crippen LogP) is 5.43. The molecule has 14 heteroatoms. The summed E-state index contributed by atoms with van der Waals surface area (Å²) in [5.41, 5.74) is 3.60. The van der Waals surface area contributed by atoms with Gasteiger partial charge in [-0.3, -0.25) is 19.5 Å². The second-order valence-electron chi connectivity index (χ2n) is 11.4. The molecule has 2 heterocycles. The van der Waals surface area contributed by atoms with Gasteiger partial charge in [0.05, 0.1) is 11.3 Å². The lowest BCUT2D eigenvalue weighted by atomic mass is 9.91. The van der Waals surface area contributed by atoms with Crippen LogP contribution in [-0.2, 0) is 15.8 Å². The van der Waals surface area contributed by atoms with E-state index in [-0.39, 0.29) is 31.7 Å². The predicted molar refractivity (Wildman–Crippen MR) is 142 cm³/mol. The number of alkyl halides is 5. The van der Waals surface area contributed by atoms with E-state index in [1.165, 1.54) is 18.2 Å². The molecule has 0 radical (unpaired) electrons. The van der Waals surface area contributed by atoms with Gasteiger partial charge in [-0.15, -0.1) is 0 Å². The number of urea groups is 1. The van der Waals surface area contributed by atoms with Crippen LogP contribution in [0.15, 0.2) is 36.7 Å². The molecule has 1 aromatic carbocycles. The van der Waals surface area contributed by atoms with Crippen molar-refractivity contribution in [2.75, 3.05) is 11.4 Å². The second kappa shape index (κ2) is 11.7. The standard InChI is InChI=1S/C29H31F6N5O3/c30-21-14-17(16-3-4-16)5-6-22(21)40(27(43)39-13-1-2-23(39)25(36)41)24(19-15-37-12-9-20(19)29(33,34)35)26(42)38-18-7-10-28(31,32)11-8-18/h5-6,9,12,14-16,18,23-24H,1-4,7-8,10-11,13H2,(H2,36,41)(H,38,42)/t23-,24?/m0/s1. The van der Waals surface area contributed by atoms with Gasteiger partial charge in [-0.25, -0.2) is 18.0 Å². The van der Waals surface area contributed by atoms with Gasteiger partial charge in [0, 0.05) is 43.4 Å². The summed E-state index contributed by atoms with van der Waals surface area (Å²) in [6.07, 6.45) is -2.60. The first-order valence-electron chi connectivity index (χ1n) is 14.1. The number of primary amides is 1. The molecule has 3 N–H and O–H groups in total. The quantitative estimate of drug-likeness (QED) is 0.407. The number of anilines is 1. The van der Waals surface area contributed by atoms with Crippen molar-refractivity contribution >= 4 is 23.5 Å². The molecule has 2 atom stereocenters. The minimum Gasteiger partial charge on any atom is -0.368 e. The molecule has 4 amide bonds. The number of nitrogens with zero attached hydrogens (tertiary/aromatic N) is 3. The SMILES string of the molecule is NC(=O)[C@@H]1CCCN1C(=O)N(c1ccc(C2CC2)cc1F)C(C(=O)NC1CCC(F)(F)CC1)c1cnccc1C(F)(F)F. The molecular formula is C29H31F6N5O3. The van der Waals surface area contributed by atoms with Crippen molar-refractivity contribution in [3.63, 3.8) is 0 Å². The average Bonchev–Trinajstić information content (AvgIpc) is 3.67. The lowest BCUT2D eigenvalue weighted by Crippen LogP contribution is -2.55. The number of amides is 4. The number of nitrogens with two attached hydrogens (primary N) is 1. The van der Waals surface area contributed by atoms with Gasteiger partial charge in [0.25, 0.3) is 0 Å². The molecule has 0 spiro atoms. The highest BCUT2D eigenvalue weighted by atomic mass is 19.4. The van der Waals surface area contributed by atoms with Crippen LogP contribution in [0.2, 0.25) is 0 Å². The molecule has 3 fully saturated rings. The minimum atomic E-state index is -5.00. The Kier molecular flexibility index (Phi) is 8.32. The third-order valence-corrected chi connectivity index (χ3v) is 8.33. The summed E-state index contributed by atoms with van der Waals surface area (Å²) < 4.78 is 86.3. The number of likely N-dealkylation sites (tertiary alicyclic amines) is 1. The lowest BCUT2D eigenvalue weighted by molar-refractivity contribution is -0.138. The van der Waals surface area contributed by atoms with Gasteiger partial charge in [0.15, 0.2) is 0 Å². The maximum atomic E-state index is 15.9. The molecule has 2 saturated carbocycles. The van der Waals surface area contributed by atoms with Crippen LogP contribution in [0.1, 0.15) is 80.0 Å². The monoisotopic (exact) mass is 611 g/mol. The zero-order chi connectivity index (χ0) is 31.1. The largest absolute Gasteiger partial charge is 0.416 e. The van der Waals surface area contributed by atoms with E-state index in [0.29, 0.717) is 23.0 Å². The molecule has 0 bridgehead atoms. The lowest BCUT2D eigenvalue weighted by Gasteiger charge is -2.38. The van der Waals surface area contributed by atoms with E-state index in [4.69, 9.17) is 5.73 Å². The van der Waals surface area contributed by atoms with Gasteiger partial charge < -0.3 is 16.0 Å². The fourth-order valence-corrected chi connectivity index (χ4v) is 5.92. The van der Waals surface area contributed by atoms with Crippen LogP contribution < -0.4 is 16.0 Å². The molecule has 1 aromatic heterocycles. The smallest absolute Gasteiger partial charge is 0.368 e. The van der Waals surface area contributed by atoms with E-state index in [2.05, 4.69) is 10.3 Å². The minimum absolute atomic E-state index is 0.0179. The second-order valence-corrected chi connectivity index (χ2v) is 11.4. The Balaban J connectivity index is 1.64. The Morgan fingerprint density at radius 3 is 2.37 bits per heavy atom. The number of rotatable bonds is 7. The van der Waals surface area contributed by atoms with Crippen LogP contribution in [0.3, 0.4) is 0 Å². The van der Waals surface area contributed by atoms with Gasteiger partial charge in [-0.05, 0) is 68.2 Å². The molecule has 1 saturated heterocycles. The Morgan fingerprint density at radius 2 is 1.77 bits per heavy atom. The number of pyridine rings is 1. The maximum Gasteiger partial charge on any atom is 0.416 e. The molecule has 5 rings (SSSR count). The number of nitrogens with one attached hydrogen (secondary N) is 1. The molecule has 3 aliphatic rings. The number of hydrogen-bond acceptors (Lipinski definition) is 4. The Bertz CT molecular complexity index is 1390. The number of carbonyl (C=O) groups is 3. The molecule has 43 heavy (non-hydrogen) atoms. The molecule has 1 aliphatic heterocycles. The Labute approximate surface area is 243 Å². The van der Waals surface area contributed by atoms with Crippen LogP contribution in [-0.4, -0.2) is 52.3 Å². The van der Waals surface area contributed by atoms with Crippen LogP contribution in [0.4, 0.5) is 36.8 Å². The third-order valence-electron chi connectivity index (χ3n) is 8.33. The first kappa shape index (κ1) is 30.6. The Hall–Kier alpha value is -3.84. The van der Waals surface area contributed by atoms with Crippen LogP contribution >= 0.6 is 0 Å². The number of aromatic nitrogens is 1. The zero-order valence-corrected chi connectivity index (χ0v) is 23.0. The van der Waals surface area contributed by atoms with Crippen molar-refractivity contribution in [3.8, 4) is 0 Å². The third kappa shape index (κ3) is 6.57. The highest BCUT2D eigenvalue weighted by Crippen LogP contribution is 2.43. The van der Waals surface area contributed by atoms with Crippen molar-refractivity contribution in [2.24, 2.45) is 5.73 Å².